The lowest BCUT2D eigenvalue weighted by molar-refractivity contribution is 0.102. The van der Waals surface area contributed by atoms with E-state index >= 15 is 0 Å². The van der Waals surface area contributed by atoms with Crippen molar-refractivity contribution in [1.29, 1.82) is 0 Å². The van der Waals surface area contributed by atoms with E-state index in [1.807, 2.05) is 0 Å². The average Bonchev–Trinajstić information content (AvgIpc) is 3.38. The van der Waals surface area contributed by atoms with Crippen LogP contribution in [-0.2, 0) is 9.84 Å². The zero-order valence-corrected chi connectivity index (χ0v) is 15.5. The summed E-state index contributed by atoms with van der Waals surface area (Å²) >= 11 is 1.31. The molecule has 4 aromatic rings. The number of rotatable bonds is 5. The van der Waals surface area contributed by atoms with E-state index in [4.69, 9.17) is 4.52 Å². The number of thiophene rings is 1. The van der Waals surface area contributed by atoms with Crippen LogP contribution in [0.3, 0.4) is 0 Å². The van der Waals surface area contributed by atoms with Crippen LogP contribution in [0.5, 0.6) is 0 Å². The molecule has 0 saturated carbocycles. The van der Waals surface area contributed by atoms with Gasteiger partial charge in [0.25, 0.3) is 0 Å². The first kappa shape index (κ1) is 17.4. The quantitative estimate of drug-likeness (QED) is 0.466. The number of benzene rings is 2. The van der Waals surface area contributed by atoms with Crippen LogP contribution < -0.4 is 0 Å². The van der Waals surface area contributed by atoms with Gasteiger partial charge in [0.2, 0.25) is 15.6 Å². The number of sulfone groups is 1. The number of ketones is 1. The lowest BCUT2D eigenvalue weighted by Crippen LogP contribution is -2.10. The highest BCUT2D eigenvalue weighted by molar-refractivity contribution is 7.91. The van der Waals surface area contributed by atoms with Gasteiger partial charge >= 0.3 is 0 Å². The lowest BCUT2D eigenvalue weighted by atomic mass is 10.1. The summed E-state index contributed by atoms with van der Waals surface area (Å²) in [4.78, 5) is 13.4. The van der Waals surface area contributed by atoms with E-state index in [-0.39, 0.29) is 21.2 Å². The molecule has 27 heavy (non-hydrogen) atoms. The molecule has 2 heterocycles. The number of carbonyl (C=O) groups is 1. The van der Waals surface area contributed by atoms with E-state index < -0.39 is 15.6 Å². The molecular weight excluding hydrogens is 382 g/mol. The summed E-state index contributed by atoms with van der Waals surface area (Å²) in [7, 11) is -4.01. The van der Waals surface area contributed by atoms with Crippen molar-refractivity contribution in [3.8, 4) is 10.6 Å². The second-order valence-electron chi connectivity index (χ2n) is 5.68. The Kier molecular flexibility index (Phi) is 4.47. The fourth-order valence-electron chi connectivity index (χ4n) is 2.68. The minimum atomic E-state index is -4.01. The van der Waals surface area contributed by atoms with Gasteiger partial charge in [-0.25, -0.2) is 8.42 Å². The zero-order chi connectivity index (χ0) is 18.9. The molecule has 0 spiro atoms. The Labute approximate surface area is 159 Å². The molecule has 0 bridgehead atoms. The highest BCUT2D eigenvalue weighted by Crippen LogP contribution is 2.37. The van der Waals surface area contributed by atoms with Crippen LogP contribution in [0.2, 0.25) is 0 Å². The molecule has 2 aromatic heterocycles. The van der Waals surface area contributed by atoms with Crippen LogP contribution in [0.4, 0.5) is 0 Å². The molecule has 0 aliphatic carbocycles. The van der Waals surface area contributed by atoms with Gasteiger partial charge in [-0.15, -0.1) is 11.3 Å². The molecule has 0 fully saturated rings. The molecule has 0 N–H and O–H groups in total. The maximum atomic E-state index is 13.3. The molecule has 134 valence electrons. The Hall–Kier alpha value is -3.03. The molecule has 0 radical (unpaired) electrons. The van der Waals surface area contributed by atoms with Crippen LogP contribution in [-0.4, -0.2) is 19.4 Å². The first-order valence-corrected chi connectivity index (χ1v) is 10.4. The van der Waals surface area contributed by atoms with E-state index in [9.17, 15) is 13.2 Å². The van der Waals surface area contributed by atoms with Crippen molar-refractivity contribution >= 4 is 27.0 Å². The topological polar surface area (TPSA) is 77.2 Å². The standard InChI is InChI=1S/C20H13NO4S2/c22-18(14-8-3-1-4-9-14)17-20(19(25-21-17)16-12-7-13-26-16)27(23,24)15-10-5-2-6-11-15/h1-13H. The minimum absolute atomic E-state index is 0.0770. The summed E-state index contributed by atoms with van der Waals surface area (Å²) < 4.78 is 32.0. The Morgan fingerprint density at radius 2 is 1.56 bits per heavy atom. The van der Waals surface area contributed by atoms with Gasteiger partial charge in [-0.3, -0.25) is 4.79 Å². The van der Waals surface area contributed by atoms with Crippen molar-refractivity contribution in [2.75, 3.05) is 0 Å². The third-order valence-corrected chi connectivity index (χ3v) is 6.65. The van der Waals surface area contributed by atoms with Gasteiger partial charge in [0.1, 0.15) is 0 Å². The minimum Gasteiger partial charge on any atom is -0.353 e. The van der Waals surface area contributed by atoms with Crippen LogP contribution in [0, 0.1) is 0 Å². The van der Waals surface area contributed by atoms with Crippen molar-refractivity contribution in [1.82, 2.24) is 5.16 Å². The summed E-state index contributed by atoms with van der Waals surface area (Å²) in [5.74, 6) is -0.426. The van der Waals surface area contributed by atoms with E-state index in [0.29, 0.717) is 10.4 Å². The summed E-state index contributed by atoms with van der Waals surface area (Å²) in [6.45, 7) is 0. The first-order valence-electron chi connectivity index (χ1n) is 8.02. The van der Waals surface area contributed by atoms with Crippen molar-refractivity contribution in [3.05, 3.63) is 89.4 Å². The Bertz CT molecular complexity index is 1180. The highest BCUT2D eigenvalue weighted by atomic mass is 32.2. The maximum absolute atomic E-state index is 13.3. The fraction of sp³-hybridized carbons (Fsp3) is 0. The third kappa shape index (κ3) is 3.11. The maximum Gasteiger partial charge on any atom is 0.216 e. The Balaban J connectivity index is 1.96. The van der Waals surface area contributed by atoms with Crippen molar-refractivity contribution < 1.29 is 17.7 Å². The monoisotopic (exact) mass is 395 g/mol. The SMILES string of the molecule is O=C(c1ccccc1)c1noc(-c2cccs2)c1S(=O)(=O)c1ccccc1. The molecule has 0 aliphatic heterocycles. The summed E-state index contributed by atoms with van der Waals surface area (Å²) in [6, 6.07) is 19.9. The molecule has 0 unspecified atom stereocenters. The van der Waals surface area contributed by atoms with Gasteiger partial charge in [0.05, 0.1) is 9.77 Å². The third-order valence-electron chi connectivity index (χ3n) is 3.97. The summed E-state index contributed by atoms with van der Waals surface area (Å²) in [5.41, 5.74) is 0.126. The van der Waals surface area contributed by atoms with E-state index in [1.54, 1.807) is 66.0 Å². The summed E-state index contributed by atoms with van der Waals surface area (Å²) in [6.07, 6.45) is 0. The molecule has 7 heteroatoms. The van der Waals surface area contributed by atoms with Crippen LogP contribution in [0.1, 0.15) is 16.1 Å². The highest BCUT2D eigenvalue weighted by Gasteiger charge is 2.34. The normalized spacial score (nSPS) is 11.4. The number of hydrogen-bond donors (Lipinski definition) is 0. The van der Waals surface area contributed by atoms with Crippen LogP contribution in [0.15, 0.2) is 92.5 Å². The number of nitrogens with zero attached hydrogens (tertiary/aromatic N) is 1. The van der Waals surface area contributed by atoms with Gasteiger partial charge in [0.15, 0.2) is 16.3 Å². The molecular formula is C20H13NO4S2. The zero-order valence-electron chi connectivity index (χ0n) is 13.9. The molecule has 0 atom stereocenters. The van der Waals surface area contributed by atoms with Gasteiger partial charge in [-0.1, -0.05) is 59.8 Å². The van der Waals surface area contributed by atoms with Gasteiger partial charge < -0.3 is 4.52 Å². The van der Waals surface area contributed by atoms with E-state index in [1.165, 1.54) is 23.5 Å². The second-order valence-corrected chi connectivity index (χ2v) is 8.51. The van der Waals surface area contributed by atoms with Crippen molar-refractivity contribution in [2.45, 2.75) is 9.79 Å². The second kappa shape index (κ2) is 6.94. The fourth-order valence-corrected chi connectivity index (χ4v) is 4.98. The van der Waals surface area contributed by atoms with Crippen molar-refractivity contribution in [2.24, 2.45) is 0 Å². The molecule has 4 rings (SSSR count). The van der Waals surface area contributed by atoms with Crippen LogP contribution >= 0.6 is 11.3 Å². The summed E-state index contributed by atoms with van der Waals surface area (Å²) in [5, 5.41) is 5.64. The Morgan fingerprint density at radius 3 is 2.19 bits per heavy atom. The molecule has 0 saturated heterocycles. The number of carbonyl (C=O) groups excluding carboxylic acids is 1. The van der Waals surface area contributed by atoms with Gasteiger partial charge in [-0.2, -0.15) is 0 Å². The average molecular weight is 395 g/mol. The number of hydrogen-bond acceptors (Lipinski definition) is 6. The molecule has 5 nitrogen and oxygen atoms in total. The smallest absolute Gasteiger partial charge is 0.216 e. The largest absolute Gasteiger partial charge is 0.353 e. The van der Waals surface area contributed by atoms with E-state index in [2.05, 4.69) is 5.16 Å². The van der Waals surface area contributed by atoms with Crippen LogP contribution in [0.25, 0.3) is 10.6 Å². The molecule has 2 aromatic carbocycles. The first-order chi connectivity index (χ1) is 13.1. The van der Waals surface area contributed by atoms with Gasteiger partial charge in [-0.05, 0) is 23.6 Å². The Morgan fingerprint density at radius 1 is 0.889 bits per heavy atom. The van der Waals surface area contributed by atoms with Crippen molar-refractivity contribution in [3.63, 3.8) is 0 Å². The molecule has 0 amide bonds. The number of aromatic nitrogens is 1. The van der Waals surface area contributed by atoms with E-state index in [0.717, 1.165) is 0 Å². The predicted octanol–water partition coefficient (Wildman–Crippen LogP) is 4.47. The lowest BCUT2D eigenvalue weighted by Gasteiger charge is -2.06. The van der Waals surface area contributed by atoms with Gasteiger partial charge in [0, 0.05) is 5.56 Å². The predicted molar refractivity (Wildman–Crippen MR) is 102 cm³/mol. The molecule has 0 aliphatic rings.